The first-order chi connectivity index (χ1) is 6.86. The predicted octanol–water partition coefficient (Wildman–Crippen LogP) is 2.25. The first-order valence-electron chi connectivity index (χ1n) is 6.32. The van der Waals surface area contributed by atoms with Crippen molar-refractivity contribution < 1.29 is 0 Å². The fraction of sp³-hybridized carbons (Fsp3) is 1.00. The van der Waals surface area contributed by atoms with E-state index in [9.17, 15) is 0 Å². The van der Waals surface area contributed by atoms with Crippen LogP contribution in [0.5, 0.6) is 0 Å². The van der Waals surface area contributed by atoms with Crippen LogP contribution in [-0.4, -0.2) is 37.1 Å². The molecule has 84 valence electrons. The molecule has 0 aromatic rings. The van der Waals surface area contributed by atoms with Crippen LogP contribution in [0.4, 0.5) is 0 Å². The Hall–Kier alpha value is -0.0800. The van der Waals surface area contributed by atoms with Crippen LogP contribution in [-0.2, 0) is 0 Å². The third kappa shape index (κ3) is 4.43. The third-order valence-electron chi connectivity index (χ3n) is 3.20. The number of likely N-dealkylation sites (N-methyl/N-ethyl adjacent to an activating group) is 1. The molecule has 0 unspecified atom stereocenters. The van der Waals surface area contributed by atoms with Gasteiger partial charge in [-0.1, -0.05) is 26.7 Å². The Balaban J connectivity index is 2.00. The van der Waals surface area contributed by atoms with Gasteiger partial charge in [0.1, 0.15) is 0 Å². The van der Waals surface area contributed by atoms with Gasteiger partial charge in [-0.25, -0.2) is 0 Å². The van der Waals surface area contributed by atoms with Crippen LogP contribution in [0.25, 0.3) is 0 Å². The zero-order valence-corrected chi connectivity index (χ0v) is 9.89. The van der Waals surface area contributed by atoms with Gasteiger partial charge in [-0.3, -0.25) is 0 Å². The van der Waals surface area contributed by atoms with Crippen LogP contribution in [0.2, 0.25) is 0 Å². The van der Waals surface area contributed by atoms with Gasteiger partial charge in [0.05, 0.1) is 0 Å². The highest BCUT2D eigenvalue weighted by Crippen LogP contribution is 2.17. The molecule has 0 aliphatic heterocycles. The van der Waals surface area contributed by atoms with E-state index in [1.54, 1.807) is 0 Å². The van der Waals surface area contributed by atoms with Gasteiger partial charge < -0.3 is 10.2 Å². The van der Waals surface area contributed by atoms with Crippen molar-refractivity contribution in [2.75, 3.05) is 26.2 Å². The molecule has 0 heterocycles. The molecule has 0 amide bonds. The van der Waals surface area contributed by atoms with Gasteiger partial charge in [0, 0.05) is 19.1 Å². The maximum Gasteiger partial charge on any atom is 0.0107 e. The highest BCUT2D eigenvalue weighted by atomic mass is 15.1. The molecule has 0 spiro atoms. The van der Waals surface area contributed by atoms with Gasteiger partial charge in [0.2, 0.25) is 0 Å². The first kappa shape index (κ1) is 12.0. The summed E-state index contributed by atoms with van der Waals surface area (Å²) in [6, 6.07) is 0.829. The van der Waals surface area contributed by atoms with Gasteiger partial charge in [-0.15, -0.1) is 0 Å². The second kappa shape index (κ2) is 7.24. The van der Waals surface area contributed by atoms with Gasteiger partial charge in [-0.05, 0) is 32.4 Å². The Morgan fingerprint density at radius 3 is 2.43 bits per heavy atom. The molecule has 2 heteroatoms. The summed E-state index contributed by atoms with van der Waals surface area (Å²) in [6.07, 6.45) is 6.95. The molecule has 0 aromatic carbocycles. The van der Waals surface area contributed by atoms with Gasteiger partial charge >= 0.3 is 0 Å². The molecule has 0 aromatic heterocycles. The lowest BCUT2D eigenvalue weighted by atomic mass is 10.2. The SMILES string of the molecule is CCCN(CC)CCNC1CCCC1. The highest BCUT2D eigenvalue weighted by molar-refractivity contribution is 4.73. The van der Waals surface area contributed by atoms with Crippen molar-refractivity contribution in [3.63, 3.8) is 0 Å². The van der Waals surface area contributed by atoms with E-state index in [2.05, 4.69) is 24.1 Å². The van der Waals surface area contributed by atoms with Crippen molar-refractivity contribution >= 4 is 0 Å². The van der Waals surface area contributed by atoms with E-state index in [-0.39, 0.29) is 0 Å². The maximum absolute atomic E-state index is 3.66. The van der Waals surface area contributed by atoms with E-state index in [0.717, 1.165) is 6.04 Å². The monoisotopic (exact) mass is 198 g/mol. The minimum absolute atomic E-state index is 0.829. The number of nitrogens with zero attached hydrogens (tertiary/aromatic N) is 1. The topological polar surface area (TPSA) is 15.3 Å². The molecule has 0 atom stereocenters. The zero-order chi connectivity index (χ0) is 10.2. The Morgan fingerprint density at radius 1 is 1.14 bits per heavy atom. The predicted molar refractivity (Wildman–Crippen MR) is 62.7 cm³/mol. The van der Waals surface area contributed by atoms with Crippen LogP contribution in [0, 0.1) is 0 Å². The Labute approximate surface area is 89.1 Å². The Bertz CT molecular complexity index is 130. The lowest BCUT2D eigenvalue weighted by Gasteiger charge is -2.21. The summed E-state index contributed by atoms with van der Waals surface area (Å²) in [7, 11) is 0. The molecule has 0 bridgehead atoms. The number of rotatable bonds is 7. The normalized spacial score (nSPS) is 18.2. The first-order valence-corrected chi connectivity index (χ1v) is 6.32. The number of nitrogens with one attached hydrogen (secondary N) is 1. The van der Waals surface area contributed by atoms with E-state index in [1.807, 2.05) is 0 Å². The quantitative estimate of drug-likeness (QED) is 0.675. The minimum atomic E-state index is 0.829. The second-order valence-electron chi connectivity index (χ2n) is 4.37. The molecule has 1 fully saturated rings. The van der Waals surface area contributed by atoms with E-state index in [0.29, 0.717) is 0 Å². The largest absolute Gasteiger partial charge is 0.313 e. The minimum Gasteiger partial charge on any atom is -0.313 e. The van der Waals surface area contributed by atoms with Gasteiger partial charge in [0.15, 0.2) is 0 Å². The van der Waals surface area contributed by atoms with E-state index in [4.69, 9.17) is 0 Å². The average molecular weight is 198 g/mol. The zero-order valence-electron chi connectivity index (χ0n) is 9.89. The lowest BCUT2D eigenvalue weighted by Crippen LogP contribution is -2.36. The van der Waals surface area contributed by atoms with Crippen molar-refractivity contribution in [3.05, 3.63) is 0 Å². The third-order valence-corrected chi connectivity index (χ3v) is 3.20. The van der Waals surface area contributed by atoms with Crippen molar-refractivity contribution in [2.45, 2.75) is 52.0 Å². The summed E-state index contributed by atoms with van der Waals surface area (Å²) in [4.78, 5) is 2.53. The molecule has 1 saturated carbocycles. The molecule has 1 aliphatic rings. The Morgan fingerprint density at radius 2 is 1.86 bits per heavy atom. The molecule has 1 rings (SSSR count). The van der Waals surface area contributed by atoms with Crippen LogP contribution >= 0.6 is 0 Å². The molecule has 1 aliphatic carbocycles. The summed E-state index contributed by atoms with van der Waals surface area (Å²) >= 11 is 0. The average Bonchev–Trinajstić information content (AvgIpc) is 2.69. The molecule has 1 N–H and O–H groups in total. The number of hydrogen-bond donors (Lipinski definition) is 1. The Kier molecular flexibility index (Phi) is 6.20. The summed E-state index contributed by atoms with van der Waals surface area (Å²) in [5, 5.41) is 3.66. The van der Waals surface area contributed by atoms with Gasteiger partial charge in [-0.2, -0.15) is 0 Å². The number of hydrogen-bond acceptors (Lipinski definition) is 2. The highest BCUT2D eigenvalue weighted by Gasteiger charge is 2.13. The summed E-state index contributed by atoms with van der Waals surface area (Å²) in [5.41, 5.74) is 0. The van der Waals surface area contributed by atoms with E-state index >= 15 is 0 Å². The van der Waals surface area contributed by atoms with Crippen LogP contribution < -0.4 is 5.32 Å². The van der Waals surface area contributed by atoms with Crippen molar-refractivity contribution in [3.8, 4) is 0 Å². The molecule has 0 saturated heterocycles. The second-order valence-corrected chi connectivity index (χ2v) is 4.37. The molecule has 14 heavy (non-hydrogen) atoms. The summed E-state index contributed by atoms with van der Waals surface area (Å²) < 4.78 is 0. The molecular weight excluding hydrogens is 172 g/mol. The van der Waals surface area contributed by atoms with Gasteiger partial charge in [0.25, 0.3) is 0 Å². The van der Waals surface area contributed by atoms with E-state index in [1.165, 1.54) is 58.3 Å². The molecular formula is C12H26N2. The van der Waals surface area contributed by atoms with Crippen LogP contribution in [0.1, 0.15) is 46.0 Å². The lowest BCUT2D eigenvalue weighted by molar-refractivity contribution is 0.282. The van der Waals surface area contributed by atoms with Crippen molar-refractivity contribution in [2.24, 2.45) is 0 Å². The van der Waals surface area contributed by atoms with Crippen molar-refractivity contribution in [1.82, 2.24) is 10.2 Å². The smallest absolute Gasteiger partial charge is 0.0107 e. The fourth-order valence-corrected chi connectivity index (χ4v) is 2.30. The molecule has 0 radical (unpaired) electrons. The van der Waals surface area contributed by atoms with E-state index < -0.39 is 0 Å². The summed E-state index contributed by atoms with van der Waals surface area (Å²) in [5.74, 6) is 0. The van der Waals surface area contributed by atoms with Crippen molar-refractivity contribution in [1.29, 1.82) is 0 Å². The fourth-order valence-electron chi connectivity index (χ4n) is 2.30. The van der Waals surface area contributed by atoms with Crippen LogP contribution in [0.15, 0.2) is 0 Å². The molecule has 2 nitrogen and oxygen atoms in total. The van der Waals surface area contributed by atoms with Crippen LogP contribution in [0.3, 0.4) is 0 Å². The maximum atomic E-state index is 3.66. The summed E-state index contributed by atoms with van der Waals surface area (Å²) in [6.45, 7) is 9.36. The standard InChI is InChI=1S/C12H26N2/c1-3-10-14(4-2)11-9-13-12-7-5-6-8-12/h12-13H,3-11H2,1-2H3.